The molecule has 0 aliphatic carbocycles. The van der Waals surface area contributed by atoms with Crippen LogP contribution in [0.1, 0.15) is 18.4 Å². The van der Waals surface area contributed by atoms with Gasteiger partial charge in [-0.1, -0.05) is 0 Å². The van der Waals surface area contributed by atoms with Crippen molar-refractivity contribution in [1.29, 1.82) is 0 Å². The highest BCUT2D eigenvalue weighted by molar-refractivity contribution is 9.10. The van der Waals surface area contributed by atoms with Crippen molar-refractivity contribution in [2.75, 3.05) is 23.9 Å². The number of thiazole rings is 1. The topological polar surface area (TPSA) is 93.5 Å². The Hall–Kier alpha value is -3.19. The number of hydrogen-bond acceptors (Lipinski definition) is 6. The predicted molar refractivity (Wildman–Crippen MR) is 128 cm³/mol. The number of anilines is 2. The van der Waals surface area contributed by atoms with E-state index in [0.717, 1.165) is 11.3 Å². The number of rotatable bonds is 6. The lowest BCUT2D eigenvalue weighted by Crippen LogP contribution is -2.29. The second-order valence-corrected chi connectivity index (χ2v) is 9.51. The number of benzene rings is 1. The Labute approximate surface area is 209 Å². The molecule has 8 nitrogen and oxygen atoms in total. The first-order valence-electron chi connectivity index (χ1n) is 10.2. The highest BCUT2D eigenvalue weighted by atomic mass is 79.9. The summed E-state index contributed by atoms with van der Waals surface area (Å²) in [4.78, 5) is 43.3. The lowest BCUT2D eigenvalue weighted by molar-refractivity contribution is -0.153. The smallest absolute Gasteiger partial charge is 0.422 e. The van der Waals surface area contributed by atoms with E-state index in [1.54, 1.807) is 37.6 Å². The number of aromatic nitrogens is 2. The molecule has 13 heteroatoms. The summed E-state index contributed by atoms with van der Waals surface area (Å²) in [6, 6.07) is 6.15. The van der Waals surface area contributed by atoms with Gasteiger partial charge in [0.2, 0.25) is 11.8 Å². The van der Waals surface area contributed by atoms with Crippen LogP contribution in [-0.2, 0) is 16.1 Å². The highest BCUT2D eigenvalue weighted by Crippen LogP contribution is 2.34. The zero-order valence-electron chi connectivity index (χ0n) is 18.4. The predicted octanol–water partition coefficient (Wildman–Crippen LogP) is 4.39. The Kier molecular flexibility index (Phi) is 6.73. The lowest BCUT2D eigenvalue weighted by Gasteiger charge is -2.11. The van der Waals surface area contributed by atoms with Gasteiger partial charge in [0.05, 0.1) is 27.3 Å². The summed E-state index contributed by atoms with van der Waals surface area (Å²) in [7, 11) is 1.60. The van der Waals surface area contributed by atoms with Crippen LogP contribution in [0.15, 0.2) is 45.1 Å². The van der Waals surface area contributed by atoms with Gasteiger partial charge in [0, 0.05) is 24.2 Å². The molecule has 1 aliphatic heterocycles. The third-order valence-corrected chi connectivity index (χ3v) is 6.74. The number of nitrogens with one attached hydrogen (secondary N) is 1. The quantitative estimate of drug-likeness (QED) is 0.474. The average Bonchev–Trinajstić information content (AvgIpc) is 3.33. The zero-order valence-corrected chi connectivity index (χ0v) is 20.8. The second kappa shape index (κ2) is 9.46. The number of pyridine rings is 1. The molecule has 0 fully saturated rings. The van der Waals surface area contributed by atoms with Gasteiger partial charge >= 0.3 is 6.18 Å². The second-order valence-electron chi connectivity index (χ2n) is 7.80. The molecule has 1 N–H and O–H groups in total. The molecular formula is C22H18BrF3N4O4S. The minimum atomic E-state index is -4.45. The summed E-state index contributed by atoms with van der Waals surface area (Å²) < 4.78 is 43.4. The monoisotopic (exact) mass is 570 g/mol. The number of hydrogen-bond donors (Lipinski definition) is 1. The van der Waals surface area contributed by atoms with Crippen LogP contribution < -0.4 is 20.5 Å². The van der Waals surface area contributed by atoms with Crippen LogP contribution in [0.3, 0.4) is 0 Å². The molecule has 3 aromatic rings. The van der Waals surface area contributed by atoms with Gasteiger partial charge in [-0.15, -0.1) is 11.3 Å². The van der Waals surface area contributed by atoms with Gasteiger partial charge in [-0.2, -0.15) is 13.2 Å². The van der Waals surface area contributed by atoms with Crippen LogP contribution in [-0.4, -0.2) is 41.2 Å². The van der Waals surface area contributed by atoms with Crippen molar-refractivity contribution in [3.8, 4) is 17.0 Å². The molecular weight excluding hydrogens is 553 g/mol. The van der Waals surface area contributed by atoms with Crippen molar-refractivity contribution in [3.63, 3.8) is 0 Å². The van der Waals surface area contributed by atoms with Gasteiger partial charge in [-0.3, -0.25) is 14.4 Å². The number of halogens is 4. The summed E-state index contributed by atoms with van der Waals surface area (Å²) in [5.41, 5.74) is 1.59. The summed E-state index contributed by atoms with van der Waals surface area (Å²) in [6.45, 7) is -0.0135. The first-order chi connectivity index (χ1) is 16.4. The Bertz CT molecular complexity index is 1370. The first kappa shape index (κ1) is 24.9. The minimum Gasteiger partial charge on any atom is -0.483 e. The fraction of sp³-hybridized carbons (Fsp3) is 0.273. The molecule has 0 bridgehead atoms. The summed E-state index contributed by atoms with van der Waals surface area (Å²) in [5, 5.41) is 4.60. The Morgan fingerprint density at radius 2 is 2.03 bits per heavy atom. The van der Waals surface area contributed by atoms with Crippen molar-refractivity contribution in [3.05, 3.63) is 56.2 Å². The molecule has 3 heterocycles. The number of carbonyl (C=O) groups is 2. The highest BCUT2D eigenvalue weighted by Gasteiger charge is 2.35. The van der Waals surface area contributed by atoms with E-state index in [9.17, 15) is 27.6 Å². The third-order valence-electron chi connectivity index (χ3n) is 5.36. The van der Waals surface area contributed by atoms with Crippen molar-refractivity contribution in [2.45, 2.75) is 25.6 Å². The maximum atomic E-state index is 12.8. The Morgan fingerprint density at radius 3 is 2.71 bits per heavy atom. The van der Waals surface area contributed by atoms with Crippen LogP contribution in [0.5, 0.6) is 5.75 Å². The molecule has 35 heavy (non-hydrogen) atoms. The van der Waals surface area contributed by atoms with E-state index >= 15 is 0 Å². The maximum Gasteiger partial charge on any atom is 0.422 e. The van der Waals surface area contributed by atoms with E-state index in [1.165, 1.54) is 21.7 Å². The number of amides is 2. The molecule has 1 aliphatic rings. The minimum absolute atomic E-state index is 0.0387. The number of likely N-dealkylation sites (N-methyl/N-ethyl adjacent to an activating group) is 1. The molecule has 4 rings (SSSR count). The van der Waals surface area contributed by atoms with Crippen LogP contribution in [0.4, 0.5) is 24.0 Å². The molecule has 2 aromatic heterocycles. The van der Waals surface area contributed by atoms with Crippen molar-refractivity contribution < 1.29 is 27.5 Å². The summed E-state index contributed by atoms with van der Waals surface area (Å²) >= 11 is 4.35. The number of carbonyl (C=O) groups excluding carboxylic acids is 2. The number of ether oxygens (including phenoxy) is 1. The van der Waals surface area contributed by atoms with Crippen LogP contribution in [0, 0.1) is 0 Å². The summed E-state index contributed by atoms with van der Waals surface area (Å²) in [5.74, 6) is -1.20. The summed E-state index contributed by atoms with van der Waals surface area (Å²) in [6.07, 6.45) is -2.98. The molecule has 0 saturated heterocycles. The molecule has 1 aromatic carbocycles. The normalized spacial score (nSPS) is 15.3. The van der Waals surface area contributed by atoms with Crippen molar-refractivity contribution in [1.82, 2.24) is 9.55 Å². The first-order valence-corrected chi connectivity index (χ1v) is 11.9. The fourth-order valence-corrected chi connectivity index (χ4v) is 4.88. The van der Waals surface area contributed by atoms with Gasteiger partial charge in [0.25, 0.3) is 5.56 Å². The van der Waals surface area contributed by atoms with Crippen molar-refractivity contribution >= 4 is 49.9 Å². The third kappa shape index (κ3) is 5.25. The zero-order chi connectivity index (χ0) is 25.5. The van der Waals surface area contributed by atoms with Gasteiger partial charge in [0.15, 0.2) is 11.7 Å². The molecule has 0 spiro atoms. The molecule has 1 unspecified atom stereocenters. The maximum absolute atomic E-state index is 12.8. The SMILES string of the molecule is CC1C(=O)N(C)c2ccn(CC(=O)Nc3nc(-c4ccc(OCC(F)(F)F)c(Br)c4)cs3)c(=O)c21. The van der Waals surface area contributed by atoms with E-state index < -0.39 is 30.2 Å². The van der Waals surface area contributed by atoms with E-state index in [0.29, 0.717) is 27.0 Å². The lowest BCUT2D eigenvalue weighted by atomic mass is 10.1. The van der Waals surface area contributed by atoms with Crippen LogP contribution in [0.25, 0.3) is 11.3 Å². The van der Waals surface area contributed by atoms with E-state index in [4.69, 9.17) is 4.74 Å². The molecule has 1 atom stereocenters. The number of fused-ring (bicyclic) bond motifs is 1. The molecule has 2 amide bonds. The largest absolute Gasteiger partial charge is 0.483 e. The van der Waals surface area contributed by atoms with Crippen molar-refractivity contribution in [2.24, 2.45) is 0 Å². The average molecular weight is 571 g/mol. The van der Waals surface area contributed by atoms with E-state index in [-0.39, 0.29) is 23.3 Å². The van der Waals surface area contributed by atoms with Gasteiger partial charge in [-0.05, 0) is 47.1 Å². The number of nitrogens with zero attached hydrogens (tertiary/aromatic N) is 3. The van der Waals surface area contributed by atoms with E-state index in [1.807, 2.05) is 0 Å². The Balaban J connectivity index is 1.44. The molecule has 0 radical (unpaired) electrons. The van der Waals surface area contributed by atoms with E-state index in [2.05, 4.69) is 26.2 Å². The number of alkyl halides is 3. The van der Waals surface area contributed by atoms with Gasteiger partial charge in [0.1, 0.15) is 12.3 Å². The van der Waals surface area contributed by atoms with Gasteiger partial charge < -0.3 is 19.5 Å². The fourth-order valence-electron chi connectivity index (χ4n) is 3.65. The standard InChI is InChI=1S/C22H18BrF3N4O4S/c1-11-18-15(29(2)19(11)32)5-6-30(20(18)33)8-17(31)28-21-27-14(9-35-21)12-3-4-16(13(23)7-12)34-10-22(24,25)26/h3-7,9,11H,8,10H2,1-2H3,(H,27,28,31). The van der Waals surface area contributed by atoms with Gasteiger partial charge in [-0.25, -0.2) is 4.98 Å². The Morgan fingerprint density at radius 1 is 1.29 bits per heavy atom. The van der Waals surface area contributed by atoms with Crippen LogP contribution >= 0.6 is 27.3 Å². The van der Waals surface area contributed by atoms with Crippen LogP contribution in [0.2, 0.25) is 0 Å². The molecule has 0 saturated carbocycles. The molecule has 184 valence electrons.